The quantitative estimate of drug-likeness (QED) is 0.751. The summed E-state index contributed by atoms with van der Waals surface area (Å²) < 4.78 is 10.3. The van der Waals surface area contributed by atoms with E-state index >= 15 is 0 Å². The van der Waals surface area contributed by atoms with E-state index in [4.69, 9.17) is 9.47 Å². The number of anilines is 1. The fourth-order valence-corrected chi connectivity index (χ4v) is 2.54. The standard InChI is InChI=1S/C13H25N3O2S/c1-10(2)14-8-12-11(9-18-5)15-13(19-12)16(3)6-7-17-4/h10,14H,6-9H2,1-5H3. The Morgan fingerprint density at radius 1 is 1.32 bits per heavy atom. The van der Waals surface area contributed by atoms with Gasteiger partial charge in [-0.05, 0) is 0 Å². The number of thiazole rings is 1. The number of methoxy groups -OCH3 is 2. The molecule has 0 unspecified atom stereocenters. The van der Waals surface area contributed by atoms with Gasteiger partial charge in [-0.25, -0.2) is 4.98 Å². The molecule has 1 aromatic rings. The molecule has 0 radical (unpaired) electrons. The number of aromatic nitrogens is 1. The fraction of sp³-hybridized carbons (Fsp3) is 0.769. The van der Waals surface area contributed by atoms with Crippen LogP contribution >= 0.6 is 11.3 Å². The highest BCUT2D eigenvalue weighted by Crippen LogP contribution is 2.26. The van der Waals surface area contributed by atoms with Gasteiger partial charge in [-0.15, -0.1) is 11.3 Å². The molecule has 0 aliphatic carbocycles. The highest BCUT2D eigenvalue weighted by molar-refractivity contribution is 7.15. The van der Waals surface area contributed by atoms with Crippen molar-refractivity contribution in [1.29, 1.82) is 0 Å². The normalized spacial score (nSPS) is 11.3. The molecule has 19 heavy (non-hydrogen) atoms. The van der Waals surface area contributed by atoms with Gasteiger partial charge in [-0.1, -0.05) is 13.8 Å². The minimum atomic E-state index is 0.465. The van der Waals surface area contributed by atoms with Crippen molar-refractivity contribution >= 4 is 16.5 Å². The summed E-state index contributed by atoms with van der Waals surface area (Å²) in [5, 5.41) is 4.45. The topological polar surface area (TPSA) is 46.6 Å². The summed E-state index contributed by atoms with van der Waals surface area (Å²) in [7, 11) is 5.45. The minimum absolute atomic E-state index is 0.465. The number of nitrogens with one attached hydrogen (secondary N) is 1. The Bertz CT molecular complexity index is 369. The number of nitrogens with zero attached hydrogens (tertiary/aromatic N) is 2. The third-order valence-electron chi connectivity index (χ3n) is 2.68. The summed E-state index contributed by atoms with van der Waals surface area (Å²) in [6, 6.07) is 0.465. The average molecular weight is 287 g/mol. The Hall–Kier alpha value is -0.690. The summed E-state index contributed by atoms with van der Waals surface area (Å²) in [4.78, 5) is 8.02. The molecular formula is C13H25N3O2S. The van der Waals surface area contributed by atoms with Crippen LogP contribution in [0.5, 0.6) is 0 Å². The number of likely N-dealkylation sites (N-methyl/N-ethyl adjacent to an activating group) is 1. The first-order valence-electron chi connectivity index (χ1n) is 6.49. The first-order valence-corrected chi connectivity index (χ1v) is 7.31. The lowest BCUT2D eigenvalue weighted by atomic mass is 10.3. The second-order valence-electron chi connectivity index (χ2n) is 4.75. The Labute approximate surface area is 119 Å². The molecule has 5 nitrogen and oxygen atoms in total. The van der Waals surface area contributed by atoms with E-state index in [1.54, 1.807) is 25.6 Å². The zero-order valence-corrected chi connectivity index (χ0v) is 13.3. The van der Waals surface area contributed by atoms with E-state index in [-0.39, 0.29) is 0 Å². The summed E-state index contributed by atoms with van der Waals surface area (Å²) in [6.45, 7) is 7.23. The number of hydrogen-bond donors (Lipinski definition) is 1. The molecule has 0 saturated heterocycles. The van der Waals surface area contributed by atoms with Crippen LogP contribution in [0.2, 0.25) is 0 Å². The van der Waals surface area contributed by atoms with Gasteiger partial charge < -0.3 is 19.7 Å². The molecule has 6 heteroatoms. The third-order valence-corrected chi connectivity index (χ3v) is 3.89. The molecule has 1 heterocycles. The van der Waals surface area contributed by atoms with Crippen LogP contribution in [0.3, 0.4) is 0 Å². The molecular weight excluding hydrogens is 262 g/mol. The first-order chi connectivity index (χ1) is 9.08. The predicted molar refractivity (Wildman–Crippen MR) is 79.9 cm³/mol. The molecule has 0 aliphatic heterocycles. The maximum Gasteiger partial charge on any atom is 0.185 e. The van der Waals surface area contributed by atoms with Crippen LogP contribution in [0, 0.1) is 0 Å². The maximum absolute atomic E-state index is 5.22. The SMILES string of the molecule is COCCN(C)c1nc(COC)c(CNC(C)C)s1. The zero-order chi connectivity index (χ0) is 14.3. The summed E-state index contributed by atoms with van der Waals surface area (Å²) >= 11 is 1.72. The summed E-state index contributed by atoms with van der Waals surface area (Å²) in [5.74, 6) is 0. The van der Waals surface area contributed by atoms with Crippen molar-refractivity contribution in [1.82, 2.24) is 10.3 Å². The van der Waals surface area contributed by atoms with Crippen LogP contribution in [-0.2, 0) is 22.6 Å². The first kappa shape index (κ1) is 16.4. The van der Waals surface area contributed by atoms with Crippen molar-refractivity contribution < 1.29 is 9.47 Å². The molecule has 0 bridgehead atoms. The number of rotatable bonds is 9. The van der Waals surface area contributed by atoms with Gasteiger partial charge in [-0.2, -0.15) is 0 Å². The van der Waals surface area contributed by atoms with E-state index in [0.29, 0.717) is 19.3 Å². The maximum atomic E-state index is 5.22. The molecule has 0 aromatic carbocycles. The summed E-state index contributed by atoms with van der Waals surface area (Å²) in [6.07, 6.45) is 0. The molecule has 1 rings (SSSR count). The largest absolute Gasteiger partial charge is 0.383 e. The number of hydrogen-bond acceptors (Lipinski definition) is 6. The van der Waals surface area contributed by atoms with Crippen LogP contribution in [-0.4, -0.2) is 45.4 Å². The summed E-state index contributed by atoms with van der Waals surface area (Å²) in [5.41, 5.74) is 1.03. The van der Waals surface area contributed by atoms with Crippen LogP contribution in [0.15, 0.2) is 0 Å². The smallest absolute Gasteiger partial charge is 0.185 e. The van der Waals surface area contributed by atoms with E-state index in [9.17, 15) is 0 Å². The van der Waals surface area contributed by atoms with Crippen molar-refractivity contribution in [3.05, 3.63) is 10.6 Å². The number of ether oxygens (including phenoxy) is 2. The highest BCUT2D eigenvalue weighted by Gasteiger charge is 2.14. The van der Waals surface area contributed by atoms with Gasteiger partial charge >= 0.3 is 0 Å². The van der Waals surface area contributed by atoms with Crippen molar-refractivity contribution in [3.63, 3.8) is 0 Å². The van der Waals surface area contributed by atoms with Crippen LogP contribution in [0.25, 0.3) is 0 Å². The molecule has 110 valence electrons. The minimum Gasteiger partial charge on any atom is -0.383 e. The molecule has 0 aliphatic rings. The van der Waals surface area contributed by atoms with Crippen molar-refractivity contribution in [2.24, 2.45) is 0 Å². The Kier molecular flexibility index (Phi) is 7.30. The van der Waals surface area contributed by atoms with Crippen molar-refractivity contribution in [3.8, 4) is 0 Å². The van der Waals surface area contributed by atoms with Gasteiger partial charge in [0.05, 0.1) is 18.9 Å². The lowest BCUT2D eigenvalue weighted by Crippen LogP contribution is -2.22. The van der Waals surface area contributed by atoms with Gasteiger partial charge in [0.2, 0.25) is 0 Å². The molecule has 0 saturated carbocycles. The van der Waals surface area contributed by atoms with E-state index in [0.717, 1.165) is 23.9 Å². The van der Waals surface area contributed by atoms with Gasteiger partial charge in [-0.3, -0.25) is 0 Å². The van der Waals surface area contributed by atoms with Crippen LogP contribution < -0.4 is 10.2 Å². The lowest BCUT2D eigenvalue weighted by Gasteiger charge is -2.14. The molecule has 0 atom stereocenters. The predicted octanol–water partition coefficient (Wildman–Crippen LogP) is 1.87. The second kappa shape index (κ2) is 8.47. The molecule has 0 spiro atoms. The molecule has 0 amide bonds. The molecule has 1 aromatic heterocycles. The zero-order valence-electron chi connectivity index (χ0n) is 12.5. The average Bonchev–Trinajstić information content (AvgIpc) is 2.77. The molecule has 0 fully saturated rings. The van der Waals surface area contributed by atoms with Gasteiger partial charge in [0.25, 0.3) is 0 Å². The van der Waals surface area contributed by atoms with Gasteiger partial charge in [0.15, 0.2) is 5.13 Å². The Morgan fingerprint density at radius 2 is 2.05 bits per heavy atom. The Morgan fingerprint density at radius 3 is 2.63 bits per heavy atom. The van der Waals surface area contributed by atoms with Crippen LogP contribution in [0.4, 0.5) is 5.13 Å². The van der Waals surface area contributed by atoms with E-state index < -0.39 is 0 Å². The molecule has 1 N–H and O–H groups in total. The second-order valence-corrected chi connectivity index (χ2v) is 5.81. The monoisotopic (exact) mass is 287 g/mol. The van der Waals surface area contributed by atoms with Crippen molar-refractivity contribution in [2.45, 2.75) is 33.0 Å². The lowest BCUT2D eigenvalue weighted by molar-refractivity contribution is 0.181. The van der Waals surface area contributed by atoms with Crippen LogP contribution in [0.1, 0.15) is 24.4 Å². The third kappa shape index (κ3) is 5.44. The van der Waals surface area contributed by atoms with E-state index in [1.165, 1.54) is 4.88 Å². The van der Waals surface area contributed by atoms with Gasteiger partial charge in [0.1, 0.15) is 0 Å². The Balaban J connectivity index is 2.74. The van der Waals surface area contributed by atoms with Crippen molar-refractivity contribution in [2.75, 3.05) is 39.3 Å². The highest BCUT2D eigenvalue weighted by atomic mass is 32.1. The fourth-order valence-electron chi connectivity index (χ4n) is 1.54. The van der Waals surface area contributed by atoms with Gasteiger partial charge in [0, 0.05) is 45.3 Å². The van der Waals surface area contributed by atoms with E-state index in [2.05, 4.69) is 29.0 Å². The van der Waals surface area contributed by atoms with E-state index in [1.807, 2.05) is 7.05 Å².